The van der Waals surface area contributed by atoms with Gasteiger partial charge in [-0.25, -0.2) is 0 Å². The summed E-state index contributed by atoms with van der Waals surface area (Å²) in [6, 6.07) is 8.32. The highest BCUT2D eigenvalue weighted by Crippen LogP contribution is 2.17. The first-order valence-corrected chi connectivity index (χ1v) is 10.5. The smallest absolute Gasteiger partial charge is 0.253 e. The first kappa shape index (κ1) is 21.7. The summed E-state index contributed by atoms with van der Waals surface area (Å²) < 4.78 is 0. The predicted octanol–water partition coefficient (Wildman–Crippen LogP) is 6.49. The van der Waals surface area contributed by atoms with Crippen LogP contribution in [-0.2, 0) is 6.42 Å². The molecule has 0 spiro atoms. The quantitative estimate of drug-likeness (QED) is 0.400. The van der Waals surface area contributed by atoms with E-state index in [2.05, 4.69) is 44.7 Å². The van der Waals surface area contributed by atoms with Crippen LogP contribution in [0.2, 0.25) is 0 Å². The van der Waals surface area contributed by atoms with Crippen molar-refractivity contribution >= 4 is 5.91 Å². The standard InChI is InChI=1S/C23H39NO/c1-5-9-12-20(8-4)19-24(18-11-7-3)23(25)22-16-14-21(15-17-22)13-10-6-2/h14-17,20H,5-13,18-19H2,1-4H3. The lowest BCUT2D eigenvalue weighted by atomic mass is 9.98. The van der Waals surface area contributed by atoms with Crippen molar-refractivity contribution in [2.75, 3.05) is 13.1 Å². The average Bonchev–Trinajstić information content (AvgIpc) is 2.65. The monoisotopic (exact) mass is 345 g/mol. The molecule has 0 aliphatic heterocycles. The Hall–Kier alpha value is -1.31. The molecular formula is C23H39NO. The second-order valence-corrected chi connectivity index (χ2v) is 7.32. The van der Waals surface area contributed by atoms with Gasteiger partial charge in [0.2, 0.25) is 0 Å². The van der Waals surface area contributed by atoms with Gasteiger partial charge in [0.25, 0.3) is 5.91 Å². The first-order valence-electron chi connectivity index (χ1n) is 10.5. The second-order valence-electron chi connectivity index (χ2n) is 7.32. The molecule has 0 N–H and O–H groups in total. The SMILES string of the molecule is CCCCc1ccc(C(=O)N(CCCC)CC(CC)CCCC)cc1. The number of rotatable bonds is 13. The van der Waals surface area contributed by atoms with Crippen molar-refractivity contribution in [2.45, 2.75) is 85.5 Å². The summed E-state index contributed by atoms with van der Waals surface area (Å²) in [4.78, 5) is 15.1. The molecule has 0 fully saturated rings. The van der Waals surface area contributed by atoms with Crippen LogP contribution in [0.15, 0.2) is 24.3 Å². The number of carbonyl (C=O) groups is 1. The van der Waals surface area contributed by atoms with E-state index in [0.717, 1.165) is 44.3 Å². The van der Waals surface area contributed by atoms with E-state index in [0.29, 0.717) is 5.92 Å². The minimum absolute atomic E-state index is 0.213. The molecule has 142 valence electrons. The van der Waals surface area contributed by atoms with Crippen LogP contribution in [0.3, 0.4) is 0 Å². The molecule has 1 aromatic rings. The van der Waals surface area contributed by atoms with E-state index in [1.807, 2.05) is 12.1 Å². The molecule has 0 saturated carbocycles. The van der Waals surface area contributed by atoms with Crippen LogP contribution in [0.25, 0.3) is 0 Å². The van der Waals surface area contributed by atoms with E-state index in [1.54, 1.807) is 0 Å². The topological polar surface area (TPSA) is 20.3 Å². The van der Waals surface area contributed by atoms with Crippen molar-refractivity contribution in [3.63, 3.8) is 0 Å². The zero-order valence-corrected chi connectivity index (χ0v) is 17.0. The van der Waals surface area contributed by atoms with E-state index in [1.165, 1.54) is 37.7 Å². The highest BCUT2D eigenvalue weighted by molar-refractivity contribution is 5.94. The zero-order chi connectivity index (χ0) is 18.5. The average molecular weight is 346 g/mol. The molecule has 1 aromatic carbocycles. The Morgan fingerprint density at radius 2 is 1.56 bits per heavy atom. The number of hydrogen-bond donors (Lipinski definition) is 0. The molecule has 2 nitrogen and oxygen atoms in total. The normalized spacial score (nSPS) is 12.2. The molecular weight excluding hydrogens is 306 g/mol. The Balaban J connectivity index is 2.77. The van der Waals surface area contributed by atoms with E-state index in [4.69, 9.17) is 0 Å². The molecule has 0 saturated heterocycles. The van der Waals surface area contributed by atoms with Crippen LogP contribution in [0, 0.1) is 5.92 Å². The minimum atomic E-state index is 0.213. The Morgan fingerprint density at radius 1 is 0.920 bits per heavy atom. The van der Waals surface area contributed by atoms with Gasteiger partial charge < -0.3 is 4.90 Å². The third-order valence-corrected chi connectivity index (χ3v) is 5.11. The van der Waals surface area contributed by atoms with Crippen LogP contribution >= 0.6 is 0 Å². The van der Waals surface area contributed by atoms with Crippen LogP contribution in [-0.4, -0.2) is 23.9 Å². The fourth-order valence-corrected chi connectivity index (χ4v) is 3.23. The fourth-order valence-electron chi connectivity index (χ4n) is 3.23. The Labute approximate surface area is 156 Å². The van der Waals surface area contributed by atoms with Gasteiger partial charge in [-0.15, -0.1) is 0 Å². The number of amides is 1. The Morgan fingerprint density at radius 3 is 2.12 bits per heavy atom. The van der Waals surface area contributed by atoms with Gasteiger partial charge >= 0.3 is 0 Å². The van der Waals surface area contributed by atoms with Crippen molar-refractivity contribution < 1.29 is 4.79 Å². The van der Waals surface area contributed by atoms with Crippen LogP contribution < -0.4 is 0 Å². The second kappa shape index (κ2) is 13.0. The van der Waals surface area contributed by atoms with Crippen molar-refractivity contribution in [3.8, 4) is 0 Å². The molecule has 1 unspecified atom stereocenters. The summed E-state index contributed by atoms with van der Waals surface area (Å²) in [5.74, 6) is 0.843. The Kier molecular flexibility index (Phi) is 11.3. The van der Waals surface area contributed by atoms with Gasteiger partial charge in [0.1, 0.15) is 0 Å². The predicted molar refractivity (Wildman–Crippen MR) is 109 cm³/mol. The lowest BCUT2D eigenvalue weighted by Gasteiger charge is -2.27. The molecule has 0 heterocycles. The third kappa shape index (κ3) is 8.07. The lowest BCUT2D eigenvalue weighted by molar-refractivity contribution is 0.0720. The van der Waals surface area contributed by atoms with E-state index in [9.17, 15) is 4.79 Å². The van der Waals surface area contributed by atoms with Gasteiger partial charge in [0.05, 0.1) is 0 Å². The molecule has 2 heteroatoms. The summed E-state index contributed by atoms with van der Waals surface area (Å²) in [5, 5.41) is 0. The molecule has 0 aliphatic carbocycles. The van der Waals surface area contributed by atoms with Crippen LogP contribution in [0.5, 0.6) is 0 Å². The number of benzene rings is 1. The summed E-state index contributed by atoms with van der Waals surface area (Å²) in [5.41, 5.74) is 2.19. The number of aryl methyl sites for hydroxylation is 1. The number of nitrogens with zero attached hydrogens (tertiary/aromatic N) is 1. The number of hydrogen-bond acceptors (Lipinski definition) is 1. The van der Waals surface area contributed by atoms with E-state index >= 15 is 0 Å². The third-order valence-electron chi connectivity index (χ3n) is 5.11. The van der Waals surface area contributed by atoms with Gasteiger partial charge in [-0.3, -0.25) is 4.79 Å². The fraction of sp³-hybridized carbons (Fsp3) is 0.696. The minimum Gasteiger partial charge on any atom is -0.338 e. The molecule has 25 heavy (non-hydrogen) atoms. The largest absolute Gasteiger partial charge is 0.338 e. The molecule has 1 amide bonds. The van der Waals surface area contributed by atoms with Gasteiger partial charge in [0, 0.05) is 18.7 Å². The van der Waals surface area contributed by atoms with Gasteiger partial charge in [-0.2, -0.15) is 0 Å². The highest BCUT2D eigenvalue weighted by atomic mass is 16.2. The molecule has 0 aromatic heterocycles. The summed E-state index contributed by atoms with van der Waals surface area (Å²) >= 11 is 0. The van der Waals surface area contributed by atoms with Crippen molar-refractivity contribution in [1.82, 2.24) is 4.90 Å². The van der Waals surface area contributed by atoms with Crippen molar-refractivity contribution in [3.05, 3.63) is 35.4 Å². The Bertz CT molecular complexity index is 465. The van der Waals surface area contributed by atoms with E-state index < -0.39 is 0 Å². The van der Waals surface area contributed by atoms with E-state index in [-0.39, 0.29) is 5.91 Å². The van der Waals surface area contributed by atoms with Crippen LogP contribution in [0.4, 0.5) is 0 Å². The summed E-state index contributed by atoms with van der Waals surface area (Å²) in [6.07, 6.45) is 10.6. The van der Waals surface area contributed by atoms with Gasteiger partial charge in [-0.05, 0) is 49.3 Å². The van der Waals surface area contributed by atoms with Crippen LogP contribution in [0.1, 0.15) is 95.0 Å². The molecule has 0 radical (unpaired) electrons. The maximum Gasteiger partial charge on any atom is 0.253 e. The highest BCUT2D eigenvalue weighted by Gasteiger charge is 2.19. The molecule has 1 atom stereocenters. The van der Waals surface area contributed by atoms with Crippen molar-refractivity contribution in [2.24, 2.45) is 5.92 Å². The maximum atomic E-state index is 13.0. The summed E-state index contributed by atoms with van der Waals surface area (Å²) in [6.45, 7) is 10.7. The number of unbranched alkanes of at least 4 members (excludes halogenated alkanes) is 3. The first-order chi connectivity index (χ1) is 12.2. The molecule has 1 rings (SSSR count). The molecule has 0 bridgehead atoms. The zero-order valence-electron chi connectivity index (χ0n) is 17.0. The van der Waals surface area contributed by atoms with Crippen molar-refractivity contribution in [1.29, 1.82) is 0 Å². The summed E-state index contributed by atoms with van der Waals surface area (Å²) in [7, 11) is 0. The maximum absolute atomic E-state index is 13.0. The number of carbonyl (C=O) groups excluding carboxylic acids is 1. The van der Waals surface area contributed by atoms with Gasteiger partial charge in [-0.1, -0.05) is 71.9 Å². The van der Waals surface area contributed by atoms with Gasteiger partial charge in [0.15, 0.2) is 0 Å². The lowest BCUT2D eigenvalue weighted by Crippen LogP contribution is -2.36. The molecule has 0 aliphatic rings.